The smallest absolute Gasteiger partial charge is 0.412 e. The number of rotatable bonds is 4. The van der Waals surface area contributed by atoms with Gasteiger partial charge in [0, 0.05) is 12.6 Å². The van der Waals surface area contributed by atoms with Gasteiger partial charge in [-0.05, 0) is 32.4 Å². The molecule has 0 aliphatic carbocycles. The topological polar surface area (TPSA) is 78.1 Å². The molecule has 1 aliphatic rings. The van der Waals surface area contributed by atoms with Gasteiger partial charge in [0.05, 0.1) is 39.2 Å². The molecule has 2 rings (SSSR count). The molecule has 0 aromatic heterocycles. The van der Waals surface area contributed by atoms with E-state index in [1.807, 2.05) is 26.8 Å². The zero-order valence-electron chi connectivity index (χ0n) is 14.9. The third kappa shape index (κ3) is 4.75. The molecule has 1 fully saturated rings. The lowest BCUT2D eigenvalue weighted by Crippen LogP contribution is -2.35. The van der Waals surface area contributed by atoms with Crippen LogP contribution in [0, 0.1) is 0 Å². The third-order valence-corrected chi connectivity index (χ3v) is 3.49. The number of amides is 1. The van der Waals surface area contributed by atoms with E-state index in [-0.39, 0.29) is 6.04 Å². The molecule has 134 valence electrons. The number of morpholine rings is 1. The number of hydrogen-bond acceptors (Lipinski definition) is 6. The minimum Gasteiger partial charge on any atom is -0.493 e. The van der Waals surface area contributed by atoms with E-state index in [1.165, 1.54) is 0 Å². The summed E-state index contributed by atoms with van der Waals surface area (Å²) in [6.07, 6.45) is -0.521. The van der Waals surface area contributed by atoms with Crippen LogP contribution in [-0.2, 0) is 9.47 Å². The molecule has 0 bridgehead atoms. The van der Waals surface area contributed by atoms with E-state index in [1.54, 1.807) is 20.3 Å². The SMILES string of the molecule is COc1cc(NC(=O)OC(C)(C)C)c(C2COCCN2)cc1OC. The Morgan fingerprint density at radius 1 is 1.25 bits per heavy atom. The molecule has 1 aromatic carbocycles. The molecule has 1 heterocycles. The maximum absolute atomic E-state index is 12.2. The van der Waals surface area contributed by atoms with Crippen LogP contribution in [0.2, 0.25) is 0 Å². The summed E-state index contributed by atoms with van der Waals surface area (Å²) < 4.78 is 21.6. The van der Waals surface area contributed by atoms with Gasteiger partial charge in [0.1, 0.15) is 5.60 Å². The summed E-state index contributed by atoms with van der Waals surface area (Å²) in [5, 5.41) is 6.17. The molecule has 1 atom stereocenters. The fourth-order valence-electron chi connectivity index (χ4n) is 2.47. The molecule has 24 heavy (non-hydrogen) atoms. The highest BCUT2D eigenvalue weighted by Gasteiger charge is 2.24. The molecule has 0 spiro atoms. The van der Waals surface area contributed by atoms with E-state index >= 15 is 0 Å². The molecular formula is C17H26N2O5. The fourth-order valence-corrected chi connectivity index (χ4v) is 2.47. The lowest BCUT2D eigenvalue weighted by atomic mass is 10.0. The second-order valence-electron chi connectivity index (χ2n) is 6.50. The van der Waals surface area contributed by atoms with Gasteiger partial charge in [-0.1, -0.05) is 0 Å². The van der Waals surface area contributed by atoms with Crippen LogP contribution in [0.15, 0.2) is 12.1 Å². The lowest BCUT2D eigenvalue weighted by Gasteiger charge is -2.27. The molecule has 1 aliphatic heterocycles. The van der Waals surface area contributed by atoms with Crippen molar-refractivity contribution in [2.45, 2.75) is 32.4 Å². The van der Waals surface area contributed by atoms with Gasteiger partial charge >= 0.3 is 6.09 Å². The molecule has 1 amide bonds. The van der Waals surface area contributed by atoms with Crippen molar-refractivity contribution in [3.63, 3.8) is 0 Å². The second-order valence-corrected chi connectivity index (χ2v) is 6.50. The van der Waals surface area contributed by atoms with Crippen LogP contribution in [0.4, 0.5) is 10.5 Å². The highest BCUT2D eigenvalue weighted by molar-refractivity contribution is 5.87. The Bertz CT molecular complexity index is 577. The van der Waals surface area contributed by atoms with Crippen molar-refractivity contribution in [3.8, 4) is 11.5 Å². The quantitative estimate of drug-likeness (QED) is 0.879. The normalized spacial score (nSPS) is 18.0. The van der Waals surface area contributed by atoms with E-state index in [0.717, 1.165) is 12.1 Å². The van der Waals surface area contributed by atoms with E-state index in [4.69, 9.17) is 18.9 Å². The zero-order chi connectivity index (χ0) is 17.7. The average molecular weight is 338 g/mol. The van der Waals surface area contributed by atoms with E-state index in [2.05, 4.69) is 10.6 Å². The van der Waals surface area contributed by atoms with Gasteiger partial charge < -0.3 is 24.3 Å². The monoisotopic (exact) mass is 338 g/mol. The van der Waals surface area contributed by atoms with Crippen LogP contribution in [0.5, 0.6) is 11.5 Å². The predicted molar refractivity (Wildman–Crippen MR) is 91.0 cm³/mol. The molecule has 1 saturated heterocycles. The van der Waals surface area contributed by atoms with Crippen molar-refractivity contribution in [1.29, 1.82) is 0 Å². The third-order valence-electron chi connectivity index (χ3n) is 3.49. The van der Waals surface area contributed by atoms with E-state index in [9.17, 15) is 4.79 Å². The number of anilines is 1. The molecule has 0 radical (unpaired) electrons. The minimum atomic E-state index is -0.576. The van der Waals surface area contributed by atoms with Crippen LogP contribution >= 0.6 is 0 Å². The van der Waals surface area contributed by atoms with Gasteiger partial charge in [-0.15, -0.1) is 0 Å². The van der Waals surface area contributed by atoms with Gasteiger partial charge in [0.25, 0.3) is 0 Å². The predicted octanol–water partition coefficient (Wildman–Crippen LogP) is 2.71. The van der Waals surface area contributed by atoms with Gasteiger partial charge in [0.2, 0.25) is 0 Å². The number of carbonyl (C=O) groups is 1. The van der Waals surface area contributed by atoms with Crippen molar-refractivity contribution in [2.75, 3.05) is 39.3 Å². The summed E-state index contributed by atoms with van der Waals surface area (Å²) in [4.78, 5) is 12.2. The molecule has 1 unspecified atom stereocenters. The number of hydrogen-bond donors (Lipinski definition) is 2. The highest BCUT2D eigenvalue weighted by Crippen LogP contribution is 2.37. The summed E-state index contributed by atoms with van der Waals surface area (Å²) in [7, 11) is 3.13. The zero-order valence-corrected chi connectivity index (χ0v) is 14.9. The second kappa shape index (κ2) is 7.72. The summed E-state index contributed by atoms with van der Waals surface area (Å²) >= 11 is 0. The molecule has 0 saturated carbocycles. The van der Waals surface area contributed by atoms with Crippen molar-refractivity contribution in [3.05, 3.63) is 17.7 Å². The summed E-state index contributed by atoms with van der Waals surface area (Å²) in [5.41, 5.74) is 0.885. The van der Waals surface area contributed by atoms with Crippen LogP contribution in [-0.4, -0.2) is 45.7 Å². The Hall–Kier alpha value is -1.99. The average Bonchev–Trinajstić information content (AvgIpc) is 2.53. The summed E-state index contributed by atoms with van der Waals surface area (Å²) in [5.74, 6) is 1.12. The Morgan fingerprint density at radius 3 is 2.46 bits per heavy atom. The van der Waals surface area contributed by atoms with Crippen LogP contribution < -0.4 is 20.1 Å². The number of carbonyl (C=O) groups excluding carboxylic acids is 1. The molecule has 7 heteroatoms. The van der Waals surface area contributed by atoms with E-state index < -0.39 is 11.7 Å². The summed E-state index contributed by atoms with van der Waals surface area (Å²) in [6.45, 7) is 7.37. The molecular weight excluding hydrogens is 312 g/mol. The van der Waals surface area contributed by atoms with Crippen molar-refractivity contribution in [1.82, 2.24) is 5.32 Å². The first-order valence-corrected chi connectivity index (χ1v) is 7.91. The lowest BCUT2D eigenvalue weighted by molar-refractivity contribution is 0.0633. The molecule has 2 N–H and O–H groups in total. The van der Waals surface area contributed by atoms with Gasteiger partial charge in [-0.25, -0.2) is 4.79 Å². The van der Waals surface area contributed by atoms with Crippen LogP contribution in [0.25, 0.3) is 0 Å². The first kappa shape index (κ1) is 18.4. The van der Waals surface area contributed by atoms with Gasteiger partial charge in [-0.3, -0.25) is 5.32 Å². The minimum absolute atomic E-state index is 0.0523. The number of benzene rings is 1. The molecule has 7 nitrogen and oxygen atoms in total. The Balaban J connectivity index is 2.33. The first-order valence-electron chi connectivity index (χ1n) is 7.91. The Morgan fingerprint density at radius 2 is 1.92 bits per heavy atom. The standard InChI is InChI=1S/C17H26N2O5/c1-17(2,3)24-16(20)19-12-9-15(22-5)14(21-4)8-11(12)13-10-23-7-6-18-13/h8-9,13,18H,6-7,10H2,1-5H3,(H,19,20). The largest absolute Gasteiger partial charge is 0.493 e. The molecule has 1 aromatic rings. The van der Waals surface area contributed by atoms with Crippen LogP contribution in [0.1, 0.15) is 32.4 Å². The van der Waals surface area contributed by atoms with Crippen LogP contribution in [0.3, 0.4) is 0 Å². The fraction of sp³-hybridized carbons (Fsp3) is 0.588. The Kier molecular flexibility index (Phi) is 5.90. The first-order chi connectivity index (χ1) is 11.3. The van der Waals surface area contributed by atoms with Crippen molar-refractivity contribution in [2.24, 2.45) is 0 Å². The Labute approximate surface area is 142 Å². The number of nitrogens with one attached hydrogen (secondary N) is 2. The van der Waals surface area contributed by atoms with Crippen molar-refractivity contribution >= 4 is 11.8 Å². The maximum Gasteiger partial charge on any atom is 0.412 e. The van der Waals surface area contributed by atoms with Gasteiger partial charge in [0.15, 0.2) is 11.5 Å². The highest BCUT2D eigenvalue weighted by atomic mass is 16.6. The number of ether oxygens (including phenoxy) is 4. The van der Waals surface area contributed by atoms with Gasteiger partial charge in [-0.2, -0.15) is 0 Å². The van der Waals surface area contributed by atoms with Crippen molar-refractivity contribution < 1.29 is 23.7 Å². The summed E-state index contributed by atoms with van der Waals surface area (Å²) in [6, 6.07) is 3.52. The maximum atomic E-state index is 12.2. The van der Waals surface area contributed by atoms with E-state index in [0.29, 0.717) is 30.4 Å². The number of methoxy groups -OCH3 is 2.